The quantitative estimate of drug-likeness (QED) is 0.153. The summed E-state index contributed by atoms with van der Waals surface area (Å²) in [6.45, 7) is 10.5. The summed E-state index contributed by atoms with van der Waals surface area (Å²) >= 11 is 5.25. The van der Waals surface area contributed by atoms with E-state index >= 15 is 0 Å². The van der Waals surface area contributed by atoms with Crippen molar-refractivity contribution in [2.24, 2.45) is 0 Å². The predicted molar refractivity (Wildman–Crippen MR) is 185 cm³/mol. The number of hydrogen-bond acceptors (Lipinski definition) is 10. The van der Waals surface area contributed by atoms with Gasteiger partial charge >= 0.3 is 0 Å². The molecule has 2 amide bonds. The van der Waals surface area contributed by atoms with Gasteiger partial charge in [0.1, 0.15) is 11.8 Å². The third-order valence-electron chi connectivity index (χ3n) is 7.59. The summed E-state index contributed by atoms with van der Waals surface area (Å²) in [4.78, 5) is 33.5. The van der Waals surface area contributed by atoms with Crippen molar-refractivity contribution in [2.45, 2.75) is 51.7 Å². The minimum absolute atomic E-state index is 0.129. The van der Waals surface area contributed by atoms with Crippen molar-refractivity contribution in [1.82, 2.24) is 19.7 Å². The van der Waals surface area contributed by atoms with Crippen molar-refractivity contribution in [3.05, 3.63) is 57.7 Å². The van der Waals surface area contributed by atoms with Crippen molar-refractivity contribution < 1.29 is 28.5 Å². The number of benzene rings is 2. The van der Waals surface area contributed by atoms with Gasteiger partial charge in [0, 0.05) is 24.5 Å². The molecule has 14 heteroatoms. The Morgan fingerprint density at radius 2 is 1.83 bits per heavy atom. The molecule has 0 saturated carbocycles. The fraction of sp³-hybridized carbons (Fsp3) is 0.455. The zero-order valence-electron chi connectivity index (χ0n) is 27.1. The molecule has 1 unspecified atom stereocenters. The van der Waals surface area contributed by atoms with Crippen LogP contribution in [-0.2, 0) is 14.3 Å². The summed E-state index contributed by atoms with van der Waals surface area (Å²) in [5.74, 6) is 2.38. The van der Waals surface area contributed by atoms with E-state index in [0.717, 1.165) is 18.6 Å². The van der Waals surface area contributed by atoms with Crippen LogP contribution in [0.15, 0.2) is 57.3 Å². The highest BCUT2D eigenvalue weighted by Crippen LogP contribution is 2.43. The van der Waals surface area contributed by atoms with Gasteiger partial charge in [0.05, 0.1) is 42.2 Å². The van der Waals surface area contributed by atoms with Gasteiger partial charge < -0.3 is 34.5 Å². The van der Waals surface area contributed by atoms with Crippen LogP contribution in [-0.4, -0.2) is 83.4 Å². The van der Waals surface area contributed by atoms with Crippen LogP contribution >= 0.6 is 27.7 Å². The van der Waals surface area contributed by atoms with Gasteiger partial charge in [-0.05, 0) is 73.0 Å². The molecule has 2 aliphatic rings. The van der Waals surface area contributed by atoms with E-state index in [4.69, 9.17) is 29.0 Å². The third-order valence-corrected chi connectivity index (χ3v) is 9.11. The minimum atomic E-state index is -0.668. The number of nitrogens with zero attached hydrogens (tertiary/aromatic N) is 4. The van der Waals surface area contributed by atoms with Gasteiger partial charge in [-0.3, -0.25) is 9.59 Å². The Morgan fingerprint density at radius 3 is 2.57 bits per heavy atom. The van der Waals surface area contributed by atoms with Gasteiger partial charge in [-0.2, -0.15) is 4.98 Å². The van der Waals surface area contributed by atoms with E-state index in [1.54, 1.807) is 21.3 Å². The number of carbonyl (C=O) groups is 2. The Labute approximate surface area is 287 Å². The number of halogens is 1. The summed E-state index contributed by atoms with van der Waals surface area (Å²) in [7, 11) is 0. The number of aromatic nitrogens is 3. The molecule has 0 spiro atoms. The van der Waals surface area contributed by atoms with E-state index in [0.29, 0.717) is 94.9 Å². The molecule has 0 bridgehead atoms. The number of unbranched alkanes of at least 4 members (excludes halogenated alkanes) is 1. The molecule has 2 aliphatic heterocycles. The molecule has 47 heavy (non-hydrogen) atoms. The second kappa shape index (κ2) is 16.4. The Hall–Kier alpha value is -3.75. The number of carbonyl (C=O) groups excluding carboxylic acids is 2. The second-order valence-electron chi connectivity index (χ2n) is 10.9. The maximum atomic E-state index is 14.2. The van der Waals surface area contributed by atoms with E-state index in [9.17, 15) is 9.59 Å². The Morgan fingerprint density at radius 1 is 1.09 bits per heavy atom. The Bertz CT molecular complexity index is 1610. The molecule has 1 aromatic heterocycles. The van der Waals surface area contributed by atoms with Crippen LogP contribution in [0.25, 0.3) is 0 Å². The van der Waals surface area contributed by atoms with Crippen LogP contribution in [0.5, 0.6) is 17.2 Å². The predicted octanol–water partition coefficient (Wildman–Crippen LogP) is 5.90. The summed E-state index contributed by atoms with van der Waals surface area (Å²) in [5, 5.41) is 11.8. The lowest BCUT2D eigenvalue weighted by atomic mass is 9.94. The number of rotatable bonds is 14. The first-order valence-corrected chi connectivity index (χ1v) is 17.7. The number of thioether (sulfide) groups is 1. The summed E-state index contributed by atoms with van der Waals surface area (Å²) in [5.41, 5.74) is 2.36. The number of morpholine rings is 1. The monoisotopic (exact) mass is 728 g/mol. The Kier molecular flexibility index (Phi) is 12.1. The first kappa shape index (κ1) is 34.6. The second-order valence-corrected chi connectivity index (χ2v) is 12.8. The molecular weight excluding hydrogens is 688 g/mol. The lowest BCUT2D eigenvalue weighted by molar-refractivity contribution is -0.137. The molecule has 1 saturated heterocycles. The first-order chi connectivity index (χ1) is 22.8. The normalized spacial score (nSPS) is 15.9. The largest absolute Gasteiger partial charge is 0.492 e. The maximum Gasteiger partial charge on any atom is 0.260 e. The maximum absolute atomic E-state index is 14.2. The van der Waals surface area contributed by atoms with Crippen molar-refractivity contribution in [1.29, 1.82) is 0 Å². The average Bonchev–Trinajstić information content (AvgIpc) is 3.47. The molecule has 252 valence electrons. The van der Waals surface area contributed by atoms with Crippen LogP contribution in [0.3, 0.4) is 0 Å². The molecule has 0 radical (unpaired) electrons. The standard InChI is InChI=1S/C33H41BrN6O6S/c1-5-8-17-47-33-37-32-35-21(4)28(31(42)36-24-11-9-10-12-25(24)44-6-2)29(40(32)38-33)22-18-23(34)30(26(19-22)45-7-3)46-20-27(41)39-13-15-43-16-14-39/h9-12,18-19,29H,5-8,13-17,20H2,1-4H3,(H,36,42)(H,35,37,38). The topological polar surface area (TPSA) is 129 Å². The van der Waals surface area contributed by atoms with Crippen LogP contribution in [0.1, 0.15) is 52.1 Å². The molecule has 3 aromatic rings. The number of amides is 2. The van der Waals surface area contributed by atoms with E-state index in [1.807, 2.05) is 57.2 Å². The molecule has 2 N–H and O–H groups in total. The molecular formula is C33H41BrN6O6S. The van der Waals surface area contributed by atoms with Gasteiger partial charge in [-0.1, -0.05) is 37.2 Å². The van der Waals surface area contributed by atoms with Crippen LogP contribution < -0.4 is 24.8 Å². The Balaban J connectivity index is 1.52. The lowest BCUT2D eigenvalue weighted by Crippen LogP contribution is -2.43. The minimum Gasteiger partial charge on any atom is -0.492 e. The van der Waals surface area contributed by atoms with E-state index < -0.39 is 6.04 Å². The number of hydrogen-bond donors (Lipinski definition) is 2. The fourth-order valence-corrected chi connectivity index (χ4v) is 6.82. The van der Waals surface area contributed by atoms with Crippen molar-refractivity contribution >= 4 is 51.1 Å². The highest BCUT2D eigenvalue weighted by molar-refractivity contribution is 9.10. The molecule has 2 aromatic carbocycles. The zero-order chi connectivity index (χ0) is 33.3. The average molecular weight is 730 g/mol. The molecule has 1 atom stereocenters. The number of anilines is 2. The lowest BCUT2D eigenvalue weighted by Gasteiger charge is -2.30. The number of nitrogens with one attached hydrogen (secondary N) is 2. The van der Waals surface area contributed by atoms with Gasteiger partial charge in [-0.15, -0.1) is 5.10 Å². The smallest absolute Gasteiger partial charge is 0.260 e. The summed E-state index contributed by atoms with van der Waals surface area (Å²) in [6, 6.07) is 10.4. The van der Waals surface area contributed by atoms with Gasteiger partial charge in [-0.25, -0.2) is 4.68 Å². The molecule has 12 nitrogen and oxygen atoms in total. The summed E-state index contributed by atoms with van der Waals surface area (Å²) < 4.78 is 25.6. The van der Waals surface area contributed by atoms with Crippen molar-refractivity contribution in [3.8, 4) is 17.2 Å². The van der Waals surface area contributed by atoms with E-state index in [-0.39, 0.29) is 18.4 Å². The number of allylic oxidation sites excluding steroid dienone is 1. The van der Waals surface area contributed by atoms with Crippen LogP contribution in [0.2, 0.25) is 0 Å². The highest BCUT2D eigenvalue weighted by Gasteiger charge is 2.36. The van der Waals surface area contributed by atoms with Crippen molar-refractivity contribution in [3.63, 3.8) is 0 Å². The van der Waals surface area contributed by atoms with Crippen molar-refractivity contribution in [2.75, 3.05) is 62.5 Å². The first-order valence-electron chi connectivity index (χ1n) is 15.9. The van der Waals surface area contributed by atoms with E-state index in [2.05, 4.69) is 33.5 Å². The SMILES string of the molecule is CCCCSc1nc2n(n1)C(c1cc(Br)c(OCC(=O)N3CCOCC3)c(OCC)c1)C(C(=O)Nc1ccccc1OCC)=C(C)N2. The van der Waals surface area contributed by atoms with E-state index in [1.165, 1.54) is 0 Å². The summed E-state index contributed by atoms with van der Waals surface area (Å²) in [6.07, 6.45) is 2.10. The van der Waals surface area contributed by atoms with Crippen LogP contribution in [0, 0.1) is 0 Å². The number of para-hydroxylation sites is 2. The highest BCUT2D eigenvalue weighted by atomic mass is 79.9. The number of fused-ring (bicyclic) bond motifs is 1. The molecule has 3 heterocycles. The van der Waals surface area contributed by atoms with Gasteiger partial charge in [0.15, 0.2) is 18.1 Å². The van der Waals surface area contributed by atoms with Gasteiger partial charge in [0.2, 0.25) is 11.1 Å². The van der Waals surface area contributed by atoms with Gasteiger partial charge in [0.25, 0.3) is 11.8 Å². The molecule has 0 aliphatic carbocycles. The number of ether oxygens (including phenoxy) is 4. The molecule has 1 fully saturated rings. The zero-order valence-corrected chi connectivity index (χ0v) is 29.5. The fourth-order valence-electron chi connectivity index (χ4n) is 5.33. The third kappa shape index (κ3) is 8.22. The molecule has 5 rings (SSSR count). The van der Waals surface area contributed by atoms with Crippen LogP contribution in [0.4, 0.5) is 11.6 Å².